The van der Waals surface area contributed by atoms with E-state index in [2.05, 4.69) is 26.2 Å². The van der Waals surface area contributed by atoms with Crippen LogP contribution in [0.2, 0.25) is 0 Å². The van der Waals surface area contributed by atoms with E-state index in [4.69, 9.17) is 4.74 Å². The smallest absolute Gasteiger partial charge is 0.259 e. The van der Waals surface area contributed by atoms with E-state index >= 15 is 0 Å². The maximum atomic E-state index is 13.8. The minimum Gasteiger partial charge on any atom is -0.488 e. The molecule has 154 valence electrons. The molecule has 1 aliphatic heterocycles. The summed E-state index contributed by atoms with van der Waals surface area (Å²) in [5.41, 5.74) is 2.29. The SMILES string of the molecule is Cc1ccc(N2c3cccc(C(=O)Nc4ccc(Br)c(F)c4)c3OCC2CO)nc1. The van der Waals surface area contributed by atoms with Gasteiger partial charge in [0, 0.05) is 11.9 Å². The zero-order valence-corrected chi connectivity index (χ0v) is 17.7. The highest BCUT2D eigenvalue weighted by molar-refractivity contribution is 9.10. The second kappa shape index (κ2) is 8.41. The molecule has 0 bridgehead atoms. The molecular formula is C22H19BrFN3O3. The highest BCUT2D eigenvalue weighted by Crippen LogP contribution is 2.40. The number of aliphatic hydroxyl groups excluding tert-OH is 1. The quantitative estimate of drug-likeness (QED) is 0.588. The van der Waals surface area contributed by atoms with E-state index in [1.165, 1.54) is 12.1 Å². The van der Waals surface area contributed by atoms with Crippen LogP contribution >= 0.6 is 15.9 Å². The van der Waals surface area contributed by atoms with Crippen LogP contribution in [-0.4, -0.2) is 35.3 Å². The predicted molar refractivity (Wildman–Crippen MR) is 116 cm³/mol. The van der Waals surface area contributed by atoms with Crippen molar-refractivity contribution in [1.29, 1.82) is 0 Å². The Morgan fingerprint density at radius 1 is 1.33 bits per heavy atom. The number of amides is 1. The first kappa shape index (κ1) is 20.3. The maximum Gasteiger partial charge on any atom is 0.259 e. The van der Waals surface area contributed by atoms with Gasteiger partial charge >= 0.3 is 0 Å². The van der Waals surface area contributed by atoms with Gasteiger partial charge < -0.3 is 20.1 Å². The molecule has 0 aliphatic carbocycles. The van der Waals surface area contributed by atoms with Crippen LogP contribution in [0.25, 0.3) is 0 Å². The Morgan fingerprint density at radius 3 is 2.87 bits per heavy atom. The fourth-order valence-corrected chi connectivity index (χ4v) is 3.56. The molecule has 1 atom stereocenters. The van der Waals surface area contributed by atoms with Crippen molar-refractivity contribution in [1.82, 2.24) is 4.98 Å². The van der Waals surface area contributed by atoms with Gasteiger partial charge in [-0.25, -0.2) is 9.37 Å². The number of carbonyl (C=O) groups is 1. The minimum atomic E-state index is -0.471. The van der Waals surface area contributed by atoms with E-state index in [0.717, 1.165) is 5.56 Å². The van der Waals surface area contributed by atoms with Crippen LogP contribution in [-0.2, 0) is 0 Å². The Labute approximate surface area is 181 Å². The van der Waals surface area contributed by atoms with Gasteiger partial charge in [-0.15, -0.1) is 0 Å². The number of hydrogen-bond acceptors (Lipinski definition) is 5. The van der Waals surface area contributed by atoms with Crippen molar-refractivity contribution in [2.75, 3.05) is 23.4 Å². The number of para-hydroxylation sites is 1. The summed E-state index contributed by atoms with van der Waals surface area (Å²) in [5.74, 6) is 0.144. The van der Waals surface area contributed by atoms with E-state index in [9.17, 15) is 14.3 Å². The Hall–Kier alpha value is -2.97. The number of aryl methyl sites for hydroxylation is 1. The molecule has 1 unspecified atom stereocenters. The standard InChI is InChI=1S/C22H19BrFN3O3/c1-13-5-8-20(25-10-13)27-15(11-28)12-30-21-16(3-2-4-19(21)27)22(29)26-14-6-7-17(23)18(24)9-14/h2-10,15,28H,11-12H2,1H3,(H,26,29). The topological polar surface area (TPSA) is 74.7 Å². The van der Waals surface area contributed by atoms with Crippen LogP contribution in [0.15, 0.2) is 59.2 Å². The summed E-state index contributed by atoms with van der Waals surface area (Å²) in [7, 11) is 0. The Bertz CT molecular complexity index is 1090. The first-order chi connectivity index (χ1) is 14.5. The molecule has 4 rings (SSSR count). The molecule has 0 spiro atoms. The van der Waals surface area contributed by atoms with Crippen LogP contribution in [0.1, 0.15) is 15.9 Å². The van der Waals surface area contributed by atoms with Gasteiger partial charge in [-0.1, -0.05) is 12.1 Å². The first-order valence-electron chi connectivity index (χ1n) is 9.33. The van der Waals surface area contributed by atoms with Gasteiger partial charge in [0.05, 0.1) is 28.4 Å². The van der Waals surface area contributed by atoms with Gasteiger partial charge in [0.2, 0.25) is 0 Å². The van der Waals surface area contributed by atoms with Crippen LogP contribution < -0.4 is 15.0 Å². The number of nitrogens with zero attached hydrogens (tertiary/aromatic N) is 2. The molecule has 1 aliphatic rings. The molecule has 0 radical (unpaired) electrons. The van der Waals surface area contributed by atoms with Crippen molar-refractivity contribution < 1.29 is 19.0 Å². The third-order valence-corrected chi connectivity index (χ3v) is 5.46. The number of anilines is 3. The molecule has 2 aromatic carbocycles. The molecule has 0 saturated heterocycles. The lowest BCUT2D eigenvalue weighted by Crippen LogP contribution is -2.43. The number of rotatable bonds is 4. The average molecular weight is 472 g/mol. The van der Waals surface area contributed by atoms with E-state index in [1.807, 2.05) is 30.0 Å². The molecule has 1 aromatic heterocycles. The Morgan fingerprint density at radius 2 is 2.17 bits per heavy atom. The predicted octanol–water partition coefficient (Wildman–Crippen LogP) is 4.44. The zero-order valence-electron chi connectivity index (χ0n) is 16.1. The van der Waals surface area contributed by atoms with Gasteiger partial charge in [0.25, 0.3) is 5.91 Å². The molecule has 0 saturated carbocycles. The highest BCUT2D eigenvalue weighted by atomic mass is 79.9. The van der Waals surface area contributed by atoms with Crippen molar-refractivity contribution in [3.05, 3.63) is 76.1 Å². The number of fused-ring (bicyclic) bond motifs is 1. The summed E-state index contributed by atoms with van der Waals surface area (Å²) in [5, 5.41) is 12.6. The van der Waals surface area contributed by atoms with Gasteiger partial charge in [0.15, 0.2) is 5.75 Å². The molecule has 2 N–H and O–H groups in total. The molecular weight excluding hydrogens is 453 g/mol. The average Bonchev–Trinajstić information content (AvgIpc) is 2.75. The minimum absolute atomic E-state index is 0.135. The van der Waals surface area contributed by atoms with Crippen molar-refractivity contribution >= 4 is 39.0 Å². The highest BCUT2D eigenvalue weighted by Gasteiger charge is 2.32. The van der Waals surface area contributed by atoms with Crippen LogP contribution in [0.4, 0.5) is 21.6 Å². The summed E-state index contributed by atoms with van der Waals surface area (Å²) < 4.78 is 20.0. The van der Waals surface area contributed by atoms with Crippen LogP contribution in [0.3, 0.4) is 0 Å². The van der Waals surface area contributed by atoms with E-state index in [0.29, 0.717) is 33.0 Å². The second-order valence-corrected chi connectivity index (χ2v) is 7.80. The molecule has 30 heavy (non-hydrogen) atoms. The summed E-state index contributed by atoms with van der Waals surface area (Å²) in [4.78, 5) is 19.3. The lowest BCUT2D eigenvalue weighted by Gasteiger charge is -2.37. The molecule has 3 aromatic rings. The van der Waals surface area contributed by atoms with Crippen LogP contribution in [0, 0.1) is 12.7 Å². The summed E-state index contributed by atoms with van der Waals surface area (Å²) in [6.07, 6.45) is 1.75. The summed E-state index contributed by atoms with van der Waals surface area (Å²) in [6.45, 7) is 2.00. The first-order valence-corrected chi connectivity index (χ1v) is 10.1. The van der Waals surface area contributed by atoms with Crippen molar-refractivity contribution in [2.24, 2.45) is 0 Å². The number of benzene rings is 2. The fraction of sp³-hybridized carbons (Fsp3) is 0.182. The van der Waals surface area contributed by atoms with Gasteiger partial charge in [-0.05, 0) is 64.8 Å². The zero-order chi connectivity index (χ0) is 21.3. The number of hydrogen-bond donors (Lipinski definition) is 2. The number of halogens is 2. The maximum absolute atomic E-state index is 13.8. The Balaban J connectivity index is 1.70. The number of ether oxygens (including phenoxy) is 1. The third kappa shape index (κ3) is 3.88. The fourth-order valence-electron chi connectivity index (χ4n) is 3.32. The number of aliphatic hydroxyl groups is 1. The molecule has 1 amide bonds. The summed E-state index contributed by atoms with van der Waals surface area (Å²) >= 11 is 3.10. The van der Waals surface area contributed by atoms with E-state index in [1.54, 1.807) is 24.4 Å². The Kier molecular flexibility index (Phi) is 5.69. The van der Waals surface area contributed by atoms with Crippen LogP contribution in [0.5, 0.6) is 5.75 Å². The number of carbonyl (C=O) groups excluding carboxylic acids is 1. The van der Waals surface area contributed by atoms with Gasteiger partial charge in [-0.3, -0.25) is 4.79 Å². The number of pyridine rings is 1. The molecule has 8 heteroatoms. The largest absolute Gasteiger partial charge is 0.488 e. The lowest BCUT2D eigenvalue weighted by molar-refractivity contribution is 0.102. The van der Waals surface area contributed by atoms with Gasteiger partial charge in [0.1, 0.15) is 18.2 Å². The van der Waals surface area contributed by atoms with E-state index < -0.39 is 11.7 Å². The second-order valence-electron chi connectivity index (χ2n) is 6.95. The number of aromatic nitrogens is 1. The molecule has 2 heterocycles. The summed E-state index contributed by atoms with van der Waals surface area (Å²) in [6, 6.07) is 13.0. The number of nitrogens with one attached hydrogen (secondary N) is 1. The van der Waals surface area contributed by atoms with Crippen molar-refractivity contribution in [3.8, 4) is 5.75 Å². The monoisotopic (exact) mass is 471 g/mol. The lowest BCUT2D eigenvalue weighted by atomic mass is 10.1. The van der Waals surface area contributed by atoms with E-state index in [-0.39, 0.29) is 19.3 Å². The van der Waals surface area contributed by atoms with Crippen molar-refractivity contribution in [2.45, 2.75) is 13.0 Å². The van der Waals surface area contributed by atoms with Gasteiger partial charge in [-0.2, -0.15) is 0 Å². The normalized spacial score (nSPS) is 15.3. The molecule has 0 fully saturated rings. The third-order valence-electron chi connectivity index (χ3n) is 4.81. The molecule has 6 nitrogen and oxygen atoms in total. The van der Waals surface area contributed by atoms with Crippen molar-refractivity contribution in [3.63, 3.8) is 0 Å².